The number of methoxy groups -OCH3 is 1. The maximum absolute atomic E-state index is 13.2. The maximum atomic E-state index is 13.2. The van der Waals surface area contributed by atoms with Gasteiger partial charge in [-0.1, -0.05) is 41.9 Å². The van der Waals surface area contributed by atoms with Crippen LogP contribution in [0.2, 0.25) is 5.02 Å². The molecule has 0 saturated heterocycles. The second-order valence-corrected chi connectivity index (χ2v) is 8.13. The zero-order valence-corrected chi connectivity index (χ0v) is 18.9. The first-order valence-corrected chi connectivity index (χ1v) is 10.5. The van der Waals surface area contributed by atoms with E-state index < -0.39 is 0 Å². The van der Waals surface area contributed by atoms with E-state index in [1.807, 2.05) is 56.3 Å². The molecule has 1 heterocycles. The first-order chi connectivity index (χ1) is 14.8. The van der Waals surface area contributed by atoms with E-state index in [0.29, 0.717) is 17.2 Å². The van der Waals surface area contributed by atoms with Crippen LogP contribution in [0.15, 0.2) is 53.6 Å². The van der Waals surface area contributed by atoms with Gasteiger partial charge >= 0.3 is 6.03 Å². The summed E-state index contributed by atoms with van der Waals surface area (Å²) in [5.74, 6) is 0.425. The van der Waals surface area contributed by atoms with Crippen LogP contribution in [-0.4, -0.2) is 54.3 Å². The highest BCUT2D eigenvalue weighted by Crippen LogP contribution is 2.36. The highest BCUT2D eigenvalue weighted by atomic mass is 35.5. The molecule has 0 unspecified atom stereocenters. The number of likely N-dealkylation sites (N-methyl/N-ethyl adjacent to an activating group) is 1. The number of hydrogen-bond acceptors (Lipinski definition) is 4. The number of ether oxygens (including phenoxy) is 1. The summed E-state index contributed by atoms with van der Waals surface area (Å²) in [5, 5.41) is 9.42. The fourth-order valence-electron chi connectivity index (χ4n) is 3.41. The lowest BCUT2D eigenvalue weighted by atomic mass is 9.98. The first kappa shape index (κ1) is 22.6. The molecular weight excluding hydrogens is 416 g/mol. The van der Waals surface area contributed by atoms with Crippen molar-refractivity contribution < 1.29 is 14.3 Å². The number of hydrazone groups is 1. The Morgan fingerprint density at radius 1 is 1.26 bits per heavy atom. The number of carbonyl (C=O) groups excluding carboxylic acids is 2. The summed E-state index contributed by atoms with van der Waals surface area (Å²) in [7, 11) is 3.19. The van der Waals surface area contributed by atoms with Gasteiger partial charge in [0.05, 0.1) is 18.9 Å². The predicted molar refractivity (Wildman–Crippen MR) is 121 cm³/mol. The third-order valence-electron chi connectivity index (χ3n) is 4.96. The van der Waals surface area contributed by atoms with Crippen molar-refractivity contribution in [3.63, 3.8) is 0 Å². The Hall–Kier alpha value is -3.06. The maximum Gasteiger partial charge on any atom is 0.317 e. The van der Waals surface area contributed by atoms with Gasteiger partial charge in [0.25, 0.3) is 5.91 Å². The molecule has 8 heteroatoms. The highest BCUT2D eigenvalue weighted by molar-refractivity contribution is 6.31. The molecule has 1 aliphatic rings. The Morgan fingerprint density at radius 3 is 2.68 bits per heavy atom. The van der Waals surface area contributed by atoms with Gasteiger partial charge in [-0.25, -0.2) is 9.80 Å². The summed E-state index contributed by atoms with van der Waals surface area (Å²) in [4.78, 5) is 26.8. The second kappa shape index (κ2) is 9.83. The Morgan fingerprint density at radius 2 is 2.00 bits per heavy atom. The van der Waals surface area contributed by atoms with Crippen LogP contribution >= 0.6 is 11.6 Å². The van der Waals surface area contributed by atoms with E-state index >= 15 is 0 Å². The minimum atomic E-state index is -0.357. The number of benzene rings is 2. The quantitative estimate of drug-likeness (QED) is 0.732. The third-order valence-corrected chi connectivity index (χ3v) is 5.31. The average molecular weight is 443 g/mol. The van der Waals surface area contributed by atoms with Crippen molar-refractivity contribution in [2.24, 2.45) is 5.10 Å². The SMILES string of the molecule is COc1cccc(C2=NN(C(=O)CN(C)C(=O)NC(C)C)[C@@H](c3ccccc3Cl)C2)c1. The molecule has 0 radical (unpaired) electrons. The van der Waals surface area contributed by atoms with Crippen LogP contribution in [0.5, 0.6) is 5.75 Å². The van der Waals surface area contributed by atoms with Gasteiger partial charge < -0.3 is 15.0 Å². The molecule has 0 aromatic heterocycles. The van der Waals surface area contributed by atoms with E-state index in [4.69, 9.17) is 16.3 Å². The fourth-order valence-corrected chi connectivity index (χ4v) is 3.67. The number of urea groups is 1. The van der Waals surface area contributed by atoms with Crippen molar-refractivity contribution in [3.05, 3.63) is 64.7 Å². The topological polar surface area (TPSA) is 74.2 Å². The first-order valence-electron chi connectivity index (χ1n) is 10.1. The van der Waals surface area contributed by atoms with Crippen LogP contribution in [0.4, 0.5) is 4.79 Å². The highest BCUT2D eigenvalue weighted by Gasteiger charge is 2.35. The van der Waals surface area contributed by atoms with Crippen molar-refractivity contribution in [2.45, 2.75) is 32.4 Å². The summed E-state index contributed by atoms with van der Waals surface area (Å²) < 4.78 is 5.32. The van der Waals surface area contributed by atoms with Crippen molar-refractivity contribution in [1.82, 2.24) is 15.2 Å². The molecule has 1 aliphatic heterocycles. The smallest absolute Gasteiger partial charge is 0.317 e. The van der Waals surface area contributed by atoms with E-state index in [-0.39, 0.29) is 30.6 Å². The number of carbonyl (C=O) groups is 2. The van der Waals surface area contributed by atoms with Gasteiger partial charge in [-0.2, -0.15) is 5.10 Å². The summed E-state index contributed by atoms with van der Waals surface area (Å²) in [5.41, 5.74) is 2.44. The van der Waals surface area contributed by atoms with Crippen LogP contribution in [0.1, 0.15) is 37.4 Å². The largest absolute Gasteiger partial charge is 0.497 e. The Balaban J connectivity index is 1.89. The molecule has 31 heavy (non-hydrogen) atoms. The number of amides is 3. The summed E-state index contributed by atoms with van der Waals surface area (Å²) >= 11 is 6.45. The van der Waals surface area contributed by atoms with Crippen LogP contribution in [-0.2, 0) is 4.79 Å². The Labute approximate surface area is 187 Å². The Kier molecular flexibility index (Phi) is 7.17. The summed E-state index contributed by atoms with van der Waals surface area (Å²) in [6, 6.07) is 14.3. The van der Waals surface area contributed by atoms with Gasteiger partial charge in [0.2, 0.25) is 0 Å². The minimum absolute atomic E-state index is 0.0228. The van der Waals surface area contributed by atoms with Gasteiger partial charge in [0, 0.05) is 30.1 Å². The van der Waals surface area contributed by atoms with E-state index in [2.05, 4.69) is 10.4 Å². The standard InChI is InChI=1S/C23H27ClN4O3/c1-15(2)25-23(30)27(3)14-22(29)28-21(18-10-5-6-11-19(18)24)13-20(26-28)16-8-7-9-17(12-16)31-4/h5-12,15,21H,13-14H2,1-4H3,(H,25,30)/t21-/m1/s1. The molecule has 0 saturated carbocycles. The molecule has 7 nitrogen and oxygen atoms in total. The lowest BCUT2D eigenvalue weighted by Crippen LogP contribution is -2.45. The van der Waals surface area contributed by atoms with Crippen LogP contribution < -0.4 is 10.1 Å². The van der Waals surface area contributed by atoms with Crippen LogP contribution in [0.3, 0.4) is 0 Å². The molecule has 3 rings (SSSR count). The number of nitrogens with zero attached hydrogens (tertiary/aromatic N) is 3. The lowest BCUT2D eigenvalue weighted by molar-refractivity contribution is -0.133. The van der Waals surface area contributed by atoms with Gasteiger partial charge in [-0.3, -0.25) is 4.79 Å². The molecule has 0 aliphatic carbocycles. The average Bonchev–Trinajstić information content (AvgIpc) is 3.19. The van der Waals surface area contributed by atoms with Gasteiger partial charge in [-0.05, 0) is 37.6 Å². The predicted octanol–water partition coefficient (Wildman–Crippen LogP) is 4.08. The Bertz CT molecular complexity index is 992. The van der Waals surface area contributed by atoms with Crippen LogP contribution in [0.25, 0.3) is 0 Å². The molecule has 2 aromatic carbocycles. The van der Waals surface area contributed by atoms with E-state index in [1.165, 1.54) is 9.91 Å². The molecule has 2 aromatic rings. The van der Waals surface area contributed by atoms with Gasteiger partial charge in [0.1, 0.15) is 12.3 Å². The number of hydrogen-bond donors (Lipinski definition) is 1. The van der Waals surface area contributed by atoms with Crippen molar-refractivity contribution in [2.75, 3.05) is 20.7 Å². The summed E-state index contributed by atoms with van der Waals surface area (Å²) in [6.45, 7) is 3.63. The minimum Gasteiger partial charge on any atom is -0.497 e. The molecule has 1 N–H and O–H groups in total. The van der Waals surface area contributed by atoms with E-state index in [1.54, 1.807) is 20.2 Å². The van der Waals surface area contributed by atoms with Crippen LogP contribution in [0, 0.1) is 0 Å². The second-order valence-electron chi connectivity index (χ2n) is 7.72. The number of halogens is 1. The molecule has 0 fully saturated rings. The molecule has 3 amide bonds. The lowest BCUT2D eigenvalue weighted by Gasteiger charge is -2.26. The molecule has 0 spiro atoms. The van der Waals surface area contributed by atoms with Crippen molar-refractivity contribution >= 4 is 29.3 Å². The van der Waals surface area contributed by atoms with Gasteiger partial charge in [0.15, 0.2) is 0 Å². The molecule has 164 valence electrons. The van der Waals surface area contributed by atoms with Crippen molar-refractivity contribution in [3.8, 4) is 5.75 Å². The van der Waals surface area contributed by atoms with Crippen molar-refractivity contribution in [1.29, 1.82) is 0 Å². The van der Waals surface area contributed by atoms with E-state index in [9.17, 15) is 9.59 Å². The normalized spacial score (nSPS) is 15.6. The van der Waals surface area contributed by atoms with Gasteiger partial charge in [-0.15, -0.1) is 0 Å². The summed E-state index contributed by atoms with van der Waals surface area (Å²) in [6.07, 6.45) is 0.505. The number of rotatable bonds is 6. The zero-order valence-electron chi connectivity index (χ0n) is 18.1. The molecular formula is C23H27ClN4O3. The fraction of sp³-hybridized carbons (Fsp3) is 0.348. The monoisotopic (exact) mass is 442 g/mol. The molecule has 0 bridgehead atoms. The number of nitrogens with one attached hydrogen (secondary N) is 1. The van der Waals surface area contributed by atoms with E-state index in [0.717, 1.165) is 16.8 Å². The third kappa shape index (κ3) is 5.35. The molecule has 1 atom stereocenters. The zero-order chi connectivity index (χ0) is 22.5.